The molecule has 4 atom stereocenters. The Morgan fingerprint density at radius 3 is 2.65 bits per heavy atom. The van der Waals surface area contributed by atoms with Crippen molar-refractivity contribution in [1.29, 1.82) is 0 Å². The van der Waals surface area contributed by atoms with E-state index in [0.717, 1.165) is 24.3 Å². The highest BCUT2D eigenvalue weighted by molar-refractivity contribution is 5.01. The van der Waals surface area contributed by atoms with Crippen LogP contribution in [0.1, 0.15) is 65.7 Å². The SMILES string of the molecule is CCCC(C)CC1(CNCC)CC2CCC1C2. The summed E-state index contributed by atoms with van der Waals surface area (Å²) in [5.74, 6) is 3.05. The molecular formula is C16H31N. The van der Waals surface area contributed by atoms with E-state index in [4.69, 9.17) is 0 Å². The van der Waals surface area contributed by atoms with Gasteiger partial charge in [-0.1, -0.05) is 40.0 Å². The summed E-state index contributed by atoms with van der Waals surface area (Å²) in [4.78, 5) is 0. The maximum atomic E-state index is 3.66. The van der Waals surface area contributed by atoms with Crippen LogP contribution in [0.5, 0.6) is 0 Å². The second-order valence-electron chi connectivity index (χ2n) is 6.82. The van der Waals surface area contributed by atoms with Gasteiger partial charge in [0.05, 0.1) is 0 Å². The summed E-state index contributed by atoms with van der Waals surface area (Å²) < 4.78 is 0. The van der Waals surface area contributed by atoms with Gasteiger partial charge in [-0.15, -0.1) is 0 Å². The molecule has 2 saturated carbocycles. The lowest BCUT2D eigenvalue weighted by molar-refractivity contribution is 0.117. The van der Waals surface area contributed by atoms with Gasteiger partial charge in [0.15, 0.2) is 0 Å². The summed E-state index contributed by atoms with van der Waals surface area (Å²) in [7, 11) is 0. The van der Waals surface area contributed by atoms with E-state index in [1.807, 2.05) is 0 Å². The lowest BCUT2D eigenvalue weighted by atomic mass is 9.67. The summed E-state index contributed by atoms with van der Waals surface area (Å²) in [6.45, 7) is 9.48. The van der Waals surface area contributed by atoms with Crippen LogP contribution in [0.2, 0.25) is 0 Å². The average Bonchev–Trinajstić information content (AvgIpc) is 2.87. The van der Waals surface area contributed by atoms with Crippen molar-refractivity contribution in [3.63, 3.8) is 0 Å². The zero-order chi connectivity index (χ0) is 12.3. The first-order valence-electron chi connectivity index (χ1n) is 7.91. The van der Waals surface area contributed by atoms with Crippen LogP contribution in [0.3, 0.4) is 0 Å². The molecule has 17 heavy (non-hydrogen) atoms. The molecule has 1 N–H and O–H groups in total. The van der Waals surface area contributed by atoms with Gasteiger partial charge in [0.1, 0.15) is 0 Å². The molecule has 2 aliphatic carbocycles. The second-order valence-corrected chi connectivity index (χ2v) is 6.82. The standard InChI is InChI=1S/C16H31N/c1-4-6-13(3)10-16(12-17-5-2)11-14-7-8-15(16)9-14/h13-15,17H,4-12H2,1-3H3. The van der Waals surface area contributed by atoms with E-state index in [2.05, 4.69) is 26.1 Å². The Morgan fingerprint density at radius 2 is 2.12 bits per heavy atom. The third kappa shape index (κ3) is 2.86. The Bertz CT molecular complexity index is 238. The van der Waals surface area contributed by atoms with Crippen LogP contribution in [-0.2, 0) is 0 Å². The molecule has 2 aliphatic rings. The number of hydrogen-bond donors (Lipinski definition) is 1. The largest absolute Gasteiger partial charge is 0.316 e. The van der Waals surface area contributed by atoms with Gasteiger partial charge < -0.3 is 5.32 Å². The fourth-order valence-electron chi connectivity index (χ4n) is 4.76. The van der Waals surface area contributed by atoms with Crippen molar-refractivity contribution in [3.8, 4) is 0 Å². The average molecular weight is 237 g/mol. The first kappa shape index (κ1) is 13.4. The van der Waals surface area contributed by atoms with Crippen LogP contribution in [-0.4, -0.2) is 13.1 Å². The highest BCUT2D eigenvalue weighted by Crippen LogP contribution is 2.58. The van der Waals surface area contributed by atoms with Gasteiger partial charge in [-0.25, -0.2) is 0 Å². The van der Waals surface area contributed by atoms with Crippen molar-refractivity contribution < 1.29 is 0 Å². The van der Waals surface area contributed by atoms with E-state index in [-0.39, 0.29) is 0 Å². The van der Waals surface area contributed by atoms with Gasteiger partial charge in [-0.05, 0) is 55.4 Å². The van der Waals surface area contributed by atoms with Crippen molar-refractivity contribution >= 4 is 0 Å². The van der Waals surface area contributed by atoms with Crippen LogP contribution in [0.25, 0.3) is 0 Å². The van der Waals surface area contributed by atoms with Gasteiger partial charge in [0, 0.05) is 6.54 Å². The molecule has 0 heterocycles. The van der Waals surface area contributed by atoms with Crippen LogP contribution >= 0.6 is 0 Å². The summed E-state index contributed by atoms with van der Waals surface area (Å²) in [6, 6.07) is 0. The highest BCUT2D eigenvalue weighted by atomic mass is 14.9. The lowest BCUT2D eigenvalue weighted by Crippen LogP contribution is -2.40. The zero-order valence-corrected chi connectivity index (χ0v) is 12.1. The third-order valence-electron chi connectivity index (χ3n) is 5.37. The molecular weight excluding hydrogens is 206 g/mol. The molecule has 0 spiro atoms. The number of rotatable bonds is 7. The van der Waals surface area contributed by atoms with Gasteiger partial charge in [0.2, 0.25) is 0 Å². The maximum Gasteiger partial charge on any atom is 0.00106 e. The minimum Gasteiger partial charge on any atom is -0.316 e. The summed E-state index contributed by atoms with van der Waals surface area (Å²) in [6.07, 6.45) is 10.4. The molecule has 0 amide bonds. The molecule has 2 rings (SSSR count). The molecule has 0 aliphatic heterocycles. The lowest BCUT2D eigenvalue weighted by Gasteiger charge is -2.40. The van der Waals surface area contributed by atoms with Crippen molar-refractivity contribution in [2.45, 2.75) is 65.7 Å². The van der Waals surface area contributed by atoms with Crippen molar-refractivity contribution in [3.05, 3.63) is 0 Å². The Kier molecular flexibility index (Phi) is 4.52. The van der Waals surface area contributed by atoms with Crippen LogP contribution in [0.15, 0.2) is 0 Å². The maximum absolute atomic E-state index is 3.66. The van der Waals surface area contributed by atoms with Gasteiger partial charge >= 0.3 is 0 Å². The second kappa shape index (κ2) is 5.73. The molecule has 2 bridgehead atoms. The van der Waals surface area contributed by atoms with Crippen molar-refractivity contribution in [2.75, 3.05) is 13.1 Å². The molecule has 1 heteroatoms. The Balaban J connectivity index is 1.98. The van der Waals surface area contributed by atoms with E-state index in [1.54, 1.807) is 6.42 Å². The number of hydrogen-bond acceptors (Lipinski definition) is 1. The fourth-order valence-corrected chi connectivity index (χ4v) is 4.76. The van der Waals surface area contributed by atoms with E-state index in [1.165, 1.54) is 45.1 Å². The minimum atomic E-state index is 0.674. The molecule has 0 radical (unpaired) electrons. The van der Waals surface area contributed by atoms with Crippen molar-refractivity contribution in [2.24, 2.45) is 23.2 Å². The van der Waals surface area contributed by atoms with Crippen LogP contribution in [0.4, 0.5) is 0 Å². The quantitative estimate of drug-likeness (QED) is 0.699. The first-order valence-corrected chi connectivity index (χ1v) is 7.91. The first-order chi connectivity index (χ1) is 8.20. The van der Waals surface area contributed by atoms with E-state index < -0.39 is 0 Å². The fraction of sp³-hybridized carbons (Fsp3) is 1.00. The van der Waals surface area contributed by atoms with Crippen LogP contribution in [0, 0.1) is 23.2 Å². The zero-order valence-electron chi connectivity index (χ0n) is 12.1. The van der Waals surface area contributed by atoms with Crippen molar-refractivity contribution in [1.82, 2.24) is 5.32 Å². The van der Waals surface area contributed by atoms with Crippen LogP contribution < -0.4 is 5.32 Å². The molecule has 0 saturated heterocycles. The molecule has 1 nitrogen and oxygen atoms in total. The predicted molar refractivity (Wildman–Crippen MR) is 75.1 cm³/mol. The molecule has 4 unspecified atom stereocenters. The normalized spacial score (nSPS) is 37.6. The highest BCUT2D eigenvalue weighted by Gasteiger charge is 2.50. The smallest absolute Gasteiger partial charge is 0.00106 e. The summed E-state index contributed by atoms with van der Waals surface area (Å²) >= 11 is 0. The van der Waals surface area contributed by atoms with E-state index >= 15 is 0 Å². The van der Waals surface area contributed by atoms with Gasteiger partial charge in [-0.2, -0.15) is 0 Å². The van der Waals surface area contributed by atoms with Gasteiger partial charge in [0.25, 0.3) is 0 Å². The van der Waals surface area contributed by atoms with Gasteiger partial charge in [-0.3, -0.25) is 0 Å². The monoisotopic (exact) mass is 237 g/mol. The molecule has 0 aromatic carbocycles. The summed E-state index contributed by atoms with van der Waals surface area (Å²) in [5, 5.41) is 3.66. The molecule has 100 valence electrons. The topological polar surface area (TPSA) is 12.0 Å². The molecule has 0 aromatic heterocycles. The number of fused-ring (bicyclic) bond motifs is 2. The summed E-state index contributed by atoms with van der Waals surface area (Å²) in [5.41, 5.74) is 0.674. The Labute approximate surface area is 108 Å². The minimum absolute atomic E-state index is 0.674. The Morgan fingerprint density at radius 1 is 1.29 bits per heavy atom. The molecule has 0 aromatic rings. The van der Waals surface area contributed by atoms with E-state index in [9.17, 15) is 0 Å². The Hall–Kier alpha value is -0.0400. The van der Waals surface area contributed by atoms with E-state index in [0.29, 0.717) is 5.41 Å². The third-order valence-corrected chi connectivity index (χ3v) is 5.37. The number of nitrogens with one attached hydrogen (secondary N) is 1. The molecule has 2 fully saturated rings. The predicted octanol–water partition coefficient (Wildman–Crippen LogP) is 4.23.